The fourth-order valence-corrected chi connectivity index (χ4v) is 1.75. The molecule has 1 aliphatic rings. The molecular formula is C10H21NO. The molecule has 1 rings (SSSR count). The van der Waals surface area contributed by atoms with Gasteiger partial charge in [0.2, 0.25) is 0 Å². The van der Waals surface area contributed by atoms with Gasteiger partial charge in [0, 0.05) is 6.04 Å². The van der Waals surface area contributed by atoms with Crippen LogP contribution in [0.3, 0.4) is 0 Å². The Morgan fingerprint density at radius 1 is 1.42 bits per heavy atom. The Balaban J connectivity index is 2.53. The lowest BCUT2D eigenvalue weighted by Gasteiger charge is -2.39. The van der Waals surface area contributed by atoms with E-state index in [-0.39, 0.29) is 0 Å². The highest BCUT2D eigenvalue weighted by atomic mass is 16.3. The predicted molar refractivity (Wildman–Crippen MR) is 51.1 cm³/mol. The SMILES string of the molecule is CC(C)[C@](C)(O)C1CCCCN1. The van der Waals surface area contributed by atoms with Crippen molar-refractivity contribution < 1.29 is 5.11 Å². The molecule has 0 amide bonds. The van der Waals surface area contributed by atoms with Gasteiger partial charge in [0.25, 0.3) is 0 Å². The zero-order valence-corrected chi connectivity index (χ0v) is 8.43. The smallest absolute Gasteiger partial charge is 0.0794 e. The van der Waals surface area contributed by atoms with Crippen molar-refractivity contribution in [2.24, 2.45) is 5.92 Å². The van der Waals surface area contributed by atoms with E-state index in [1.807, 2.05) is 6.92 Å². The fraction of sp³-hybridized carbons (Fsp3) is 1.00. The first-order chi connectivity index (χ1) is 5.55. The van der Waals surface area contributed by atoms with Gasteiger partial charge in [0.1, 0.15) is 0 Å². The van der Waals surface area contributed by atoms with Gasteiger partial charge in [-0.25, -0.2) is 0 Å². The lowest BCUT2D eigenvalue weighted by Crippen LogP contribution is -2.53. The maximum Gasteiger partial charge on any atom is 0.0794 e. The summed E-state index contributed by atoms with van der Waals surface area (Å²) in [6, 6.07) is 0.297. The topological polar surface area (TPSA) is 32.3 Å². The molecule has 0 aromatic carbocycles. The molecule has 1 heterocycles. The number of rotatable bonds is 2. The molecule has 2 N–H and O–H groups in total. The van der Waals surface area contributed by atoms with Gasteiger partial charge in [-0.1, -0.05) is 20.3 Å². The van der Waals surface area contributed by atoms with Crippen LogP contribution in [-0.2, 0) is 0 Å². The molecule has 0 aromatic heterocycles. The van der Waals surface area contributed by atoms with Crippen molar-refractivity contribution in [1.29, 1.82) is 0 Å². The maximum absolute atomic E-state index is 10.2. The van der Waals surface area contributed by atoms with Crippen LogP contribution in [0.4, 0.5) is 0 Å². The molecule has 0 bridgehead atoms. The van der Waals surface area contributed by atoms with E-state index in [9.17, 15) is 5.11 Å². The highest BCUT2D eigenvalue weighted by Gasteiger charge is 2.35. The summed E-state index contributed by atoms with van der Waals surface area (Å²) in [5.41, 5.74) is -0.541. The number of hydrogen-bond donors (Lipinski definition) is 2. The van der Waals surface area contributed by atoms with Crippen molar-refractivity contribution in [3.8, 4) is 0 Å². The molecular weight excluding hydrogens is 150 g/mol. The van der Waals surface area contributed by atoms with Crippen molar-refractivity contribution in [3.05, 3.63) is 0 Å². The second-order valence-corrected chi connectivity index (χ2v) is 4.38. The summed E-state index contributed by atoms with van der Waals surface area (Å²) in [6.07, 6.45) is 3.62. The van der Waals surface area contributed by atoms with E-state index in [4.69, 9.17) is 0 Å². The van der Waals surface area contributed by atoms with Crippen molar-refractivity contribution in [1.82, 2.24) is 5.32 Å². The first kappa shape index (κ1) is 10.0. The molecule has 1 aliphatic heterocycles. The maximum atomic E-state index is 10.2. The van der Waals surface area contributed by atoms with Gasteiger partial charge in [0.05, 0.1) is 5.60 Å². The third-order valence-electron chi connectivity index (χ3n) is 3.18. The van der Waals surface area contributed by atoms with Crippen LogP contribution in [0, 0.1) is 5.92 Å². The quantitative estimate of drug-likeness (QED) is 0.660. The van der Waals surface area contributed by atoms with Gasteiger partial charge in [-0.05, 0) is 32.2 Å². The van der Waals surface area contributed by atoms with Crippen LogP contribution in [0.25, 0.3) is 0 Å². The van der Waals surface area contributed by atoms with Crippen LogP contribution in [0.5, 0.6) is 0 Å². The van der Waals surface area contributed by atoms with E-state index in [2.05, 4.69) is 19.2 Å². The lowest BCUT2D eigenvalue weighted by molar-refractivity contribution is -0.0299. The Morgan fingerprint density at radius 2 is 2.08 bits per heavy atom. The number of piperidine rings is 1. The molecule has 0 aromatic rings. The third-order valence-corrected chi connectivity index (χ3v) is 3.18. The molecule has 2 heteroatoms. The van der Waals surface area contributed by atoms with Crippen LogP contribution < -0.4 is 5.32 Å². The number of aliphatic hydroxyl groups is 1. The van der Waals surface area contributed by atoms with Crippen LogP contribution >= 0.6 is 0 Å². The Kier molecular flexibility index (Phi) is 3.13. The Bertz CT molecular complexity index is 137. The minimum atomic E-state index is -0.541. The number of nitrogens with one attached hydrogen (secondary N) is 1. The summed E-state index contributed by atoms with van der Waals surface area (Å²) >= 11 is 0. The van der Waals surface area contributed by atoms with Gasteiger partial charge < -0.3 is 10.4 Å². The average molecular weight is 171 g/mol. The second kappa shape index (κ2) is 3.75. The highest BCUT2D eigenvalue weighted by molar-refractivity contribution is 4.91. The fourth-order valence-electron chi connectivity index (χ4n) is 1.75. The summed E-state index contributed by atoms with van der Waals surface area (Å²) < 4.78 is 0. The molecule has 72 valence electrons. The number of hydrogen-bond acceptors (Lipinski definition) is 2. The molecule has 12 heavy (non-hydrogen) atoms. The van der Waals surface area contributed by atoms with Crippen molar-refractivity contribution in [3.63, 3.8) is 0 Å². The van der Waals surface area contributed by atoms with Crippen LogP contribution in [-0.4, -0.2) is 23.3 Å². The molecule has 0 saturated carbocycles. The molecule has 2 atom stereocenters. The van der Waals surface area contributed by atoms with E-state index in [1.165, 1.54) is 12.8 Å². The minimum Gasteiger partial charge on any atom is -0.388 e. The standard InChI is InChI=1S/C10H21NO/c1-8(2)10(3,12)9-6-4-5-7-11-9/h8-9,11-12H,4-7H2,1-3H3/t9?,10-/m0/s1. The van der Waals surface area contributed by atoms with E-state index in [0.717, 1.165) is 13.0 Å². The molecule has 2 nitrogen and oxygen atoms in total. The van der Waals surface area contributed by atoms with Crippen molar-refractivity contribution >= 4 is 0 Å². The molecule has 1 saturated heterocycles. The monoisotopic (exact) mass is 171 g/mol. The highest BCUT2D eigenvalue weighted by Crippen LogP contribution is 2.25. The first-order valence-corrected chi connectivity index (χ1v) is 5.01. The normalized spacial score (nSPS) is 30.2. The van der Waals surface area contributed by atoms with Gasteiger partial charge in [-0.3, -0.25) is 0 Å². The molecule has 1 fully saturated rings. The first-order valence-electron chi connectivity index (χ1n) is 5.01. The van der Waals surface area contributed by atoms with Gasteiger partial charge in [0.15, 0.2) is 0 Å². The Labute approximate surface area is 75.4 Å². The van der Waals surface area contributed by atoms with Crippen LogP contribution in [0.1, 0.15) is 40.0 Å². The Morgan fingerprint density at radius 3 is 2.50 bits per heavy atom. The van der Waals surface area contributed by atoms with Crippen LogP contribution in [0.2, 0.25) is 0 Å². The zero-order valence-electron chi connectivity index (χ0n) is 8.43. The third kappa shape index (κ3) is 1.99. The second-order valence-electron chi connectivity index (χ2n) is 4.38. The summed E-state index contributed by atoms with van der Waals surface area (Å²) in [7, 11) is 0. The molecule has 0 spiro atoms. The minimum absolute atomic E-state index is 0.297. The molecule has 0 aliphatic carbocycles. The summed E-state index contributed by atoms with van der Waals surface area (Å²) in [4.78, 5) is 0. The molecule has 1 unspecified atom stereocenters. The summed E-state index contributed by atoms with van der Waals surface area (Å²) in [6.45, 7) is 7.17. The van der Waals surface area contributed by atoms with Crippen LogP contribution in [0.15, 0.2) is 0 Å². The van der Waals surface area contributed by atoms with E-state index >= 15 is 0 Å². The van der Waals surface area contributed by atoms with E-state index in [0.29, 0.717) is 12.0 Å². The van der Waals surface area contributed by atoms with Gasteiger partial charge >= 0.3 is 0 Å². The van der Waals surface area contributed by atoms with Gasteiger partial charge in [-0.2, -0.15) is 0 Å². The lowest BCUT2D eigenvalue weighted by atomic mass is 9.81. The average Bonchev–Trinajstić information content (AvgIpc) is 2.06. The van der Waals surface area contributed by atoms with E-state index < -0.39 is 5.60 Å². The summed E-state index contributed by atoms with van der Waals surface area (Å²) in [5.74, 6) is 0.327. The summed E-state index contributed by atoms with van der Waals surface area (Å²) in [5, 5.41) is 13.5. The largest absolute Gasteiger partial charge is 0.388 e. The van der Waals surface area contributed by atoms with Crippen molar-refractivity contribution in [2.45, 2.75) is 51.7 Å². The van der Waals surface area contributed by atoms with Gasteiger partial charge in [-0.15, -0.1) is 0 Å². The predicted octanol–water partition coefficient (Wildman–Crippen LogP) is 1.54. The Hall–Kier alpha value is -0.0800. The zero-order chi connectivity index (χ0) is 9.19. The van der Waals surface area contributed by atoms with Crippen molar-refractivity contribution in [2.75, 3.05) is 6.54 Å². The molecule has 0 radical (unpaired) electrons. The van der Waals surface area contributed by atoms with E-state index in [1.54, 1.807) is 0 Å².